The number of alkyl halides is 3. The van der Waals surface area contributed by atoms with E-state index in [0.29, 0.717) is 12.8 Å². The van der Waals surface area contributed by atoms with Crippen LogP contribution < -0.4 is 5.32 Å². The number of hydrogen-bond acceptors (Lipinski definition) is 3. The third-order valence-corrected chi connectivity index (χ3v) is 3.83. The zero-order valence-corrected chi connectivity index (χ0v) is 11.6. The molecule has 0 spiro atoms. The molecule has 0 saturated heterocycles. The molecule has 1 aromatic rings. The molecule has 0 bridgehead atoms. The maximum absolute atomic E-state index is 13.2. The molecule has 1 N–H and O–H groups in total. The van der Waals surface area contributed by atoms with Crippen molar-refractivity contribution in [3.8, 4) is 0 Å². The first-order chi connectivity index (χ1) is 9.89. The molecule has 116 valence electrons. The Morgan fingerprint density at radius 3 is 2.67 bits per heavy atom. The number of carbonyl (C=O) groups is 1. The minimum Gasteiger partial charge on any atom is -0.384 e. The van der Waals surface area contributed by atoms with E-state index in [1.165, 1.54) is 25.4 Å². The average Bonchev–Trinajstić information content (AvgIpc) is 2.39. The minimum atomic E-state index is -4.57. The van der Waals surface area contributed by atoms with Gasteiger partial charge in [0.1, 0.15) is 0 Å². The van der Waals surface area contributed by atoms with Crippen LogP contribution in [0.2, 0.25) is 0 Å². The zero-order chi connectivity index (χ0) is 15.5. The monoisotopic (exact) mass is 302 g/mol. The molecular formula is C14H17F3N2O2. The fourth-order valence-corrected chi connectivity index (χ4v) is 2.50. The molecule has 0 radical (unpaired) electrons. The first kappa shape index (κ1) is 15.8. The summed E-state index contributed by atoms with van der Waals surface area (Å²) in [4.78, 5) is 15.9. The Morgan fingerprint density at radius 1 is 1.52 bits per heavy atom. The summed E-state index contributed by atoms with van der Waals surface area (Å²) in [6.45, 7) is 0.135. The van der Waals surface area contributed by atoms with Gasteiger partial charge in [-0.15, -0.1) is 0 Å². The fraction of sp³-hybridized carbons (Fsp3) is 0.571. The van der Waals surface area contributed by atoms with E-state index in [1.54, 1.807) is 0 Å². The SMILES string of the molecule is COCC1(C(=O)N[C@@H](c2cccnc2)C(F)(F)F)CCC1. The average molecular weight is 302 g/mol. The molecule has 1 atom stereocenters. The summed E-state index contributed by atoms with van der Waals surface area (Å²) in [6.07, 6.45) is -0.162. The van der Waals surface area contributed by atoms with E-state index in [2.05, 4.69) is 10.3 Å². The summed E-state index contributed by atoms with van der Waals surface area (Å²) in [5, 5.41) is 2.12. The van der Waals surface area contributed by atoms with Gasteiger partial charge in [-0.05, 0) is 18.9 Å². The van der Waals surface area contributed by atoms with Gasteiger partial charge in [0.25, 0.3) is 0 Å². The molecule has 0 unspecified atom stereocenters. The highest BCUT2D eigenvalue weighted by molar-refractivity contribution is 5.84. The van der Waals surface area contributed by atoms with Crippen molar-refractivity contribution < 1.29 is 22.7 Å². The van der Waals surface area contributed by atoms with E-state index in [9.17, 15) is 18.0 Å². The first-order valence-electron chi connectivity index (χ1n) is 6.66. The highest BCUT2D eigenvalue weighted by Crippen LogP contribution is 2.43. The molecule has 1 heterocycles. The van der Waals surface area contributed by atoms with Crippen molar-refractivity contribution in [1.29, 1.82) is 0 Å². The number of carbonyl (C=O) groups excluding carboxylic acids is 1. The van der Waals surface area contributed by atoms with Crippen molar-refractivity contribution in [1.82, 2.24) is 10.3 Å². The van der Waals surface area contributed by atoms with Gasteiger partial charge < -0.3 is 10.1 Å². The van der Waals surface area contributed by atoms with Crippen LogP contribution in [-0.4, -0.2) is 30.8 Å². The van der Waals surface area contributed by atoms with Gasteiger partial charge in [0, 0.05) is 25.1 Å². The molecular weight excluding hydrogens is 285 g/mol. The number of aromatic nitrogens is 1. The highest BCUT2D eigenvalue weighted by atomic mass is 19.4. The third kappa shape index (κ3) is 3.34. The Balaban J connectivity index is 2.18. The van der Waals surface area contributed by atoms with Crippen molar-refractivity contribution in [2.24, 2.45) is 5.41 Å². The Kier molecular flexibility index (Phi) is 4.51. The number of amides is 1. The fourth-order valence-electron chi connectivity index (χ4n) is 2.50. The number of nitrogens with one attached hydrogen (secondary N) is 1. The summed E-state index contributed by atoms with van der Waals surface area (Å²) in [6, 6.07) is 0.664. The molecule has 1 aliphatic rings. The van der Waals surface area contributed by atoms with E-state index in [-0.39, 0.29) is 12.2 Å². The van der Waals surface area contributed by atoms with Gasteiger partial charge in [-0.2, -0.15) is 13.2 Å². The van der Waals surface area contributed by atoms with Crippen LogP contribution in [0.5, 0.6) is 0 Å². The Morgan fingerprint density at radius 2 is 2.24 bits per heavy atom. The Bertz CT molecular complexity index is 487. The van der Waals surface area contributed by atoms with Gasteiger partial charge in [-0.1, -0.05) is 12.5 Å². The van der Waals surface area contributed by atoms with Crippen LogP contribution >= 0.6 is 0 Å². The van der Waals surface area contributed by atoms with Crippen LogP contribution in [0.3, 0.4) is 0 Å². The van der Waals surface area contributed by atoms with Gasteiger partial charge in [0.2, 0.25) is 5.91 Å². The van der Waals surface area contributed by atoms with Gasteiger partial charge in [0.05, 0.1) is 12.0 Å². The highest BCUT2D eigenvalue weighted by Gasteiger charge is 2.49. The van der Waals surface area contributed by atoms with E-state index < -0.39 is 23.5 Å². The summed E-state index contributed by atoms with van der Waals surface area (Å²) in [5.74, 6) is -0.609. The molecule has 0 aliphatic heterocycles. The number of methoxy groups -OCH3 is 1. The summed E-state index contributed by atoms with van der Waals surface area (Å²) in [5.41, 5.74) is -0.911. The van der Waals surface area contributed by atoms with Crippen LogP contribution in [0.1, 0.15) is 30.9 Å². The molecule has 2 rings (SSSR count). The number of pyridine rings is 1. The second-order valence-electron chi connectivity index (χ2n) is 5.30. The standard InChI is InChI=1S/C14H17F3N2O2/c1-21-9-13(5-3-6-13)12(20)19-11(14(15,16)17)10-4-2-7-18-8-10/h2,4,7-8,11H,3,5-6,9H2,1H3,(H,19,20)/t11-/m0/s1. The van der Waals surface area contributed by atoms with Crippen molar-refractivity contribution in [2.75, 3.05) is 13.7 Å². The van der Waals surface area contributed by atoms with E-state index in [0.717, 1.165) is 12.6 Å². The van der Waals surface area contributed by atoms with E-state index >= 15 is 0 Å². The topological polar surface area (TPSA) is 51.2 Å². The lowest BCUT2D eigenvalue weighted by Gasteiger charge is -2.40. The smallest absolute Gasteiger partial charge is 0.384 e. The molecule has 7 heteroatoms. The number of ether oxygens (including phenoxy) is 1. The second-order valence-corrected chi connectivity index (χ2v) is 5.30. The molecule has 1 amide bonds. The van der Waals surface area contributed by atoms with Crippen molar-refractivity contribution in [2.45, 2.75) is 31.5 Å². The van der Waals surface area contributed by atoms with Crippen molar-refractivity contribution in [3.63, 3.8) is 0 Å². The summed E-state index contributed by atoms with van der Waals surface area (Å²) >= 11 is 0. The van der Waals surface area contributed by atoms with Crippen molar-refractivity contribution in [3.05, 3.63) is 30.1 Å². The molecule has 1 aliphatic carbocycles. The zero-order valence-electron chi connectivity index (χ0n) is 11.6. The summed E-state index contributed by atoms with van der Waals surface area (Å²) < 4.78 is 44.6. The number of hydrogen-bond donors (Lipinski definition) is 1. The van der Waals surface area contributed by atoms with Crippen LogP contribution in [0.4, 0.5) is 13.2 Å². The van der Waals surface area contributed by atoms with Gasteiger partial charge >= 0.3 is 6.18 Å². The number of rotatable bonds is 5. The number of halogens is 3. The maximum Gasteiger partial charge on any atom is 0.412 e. The molecule has 1 saturated carbocycles. The third-order valence-electron chi connectivity index (χ3n) is 3.83. The first-order valence-corrected chi connectivity index (χ1v) is 6.66. The largest absolute Gasteiger partial charge is 0.412 e. The predicted octanol–water partition coefficient (Wildman–Crippen LogP) is 2.62. The van der Waals surface area contributed by atoms with Gasteiger partial charge in [-0.25, -0.2) is 0 Å². The number of nitrogens with zero attached hydrogens (tertiary/aromatic N) is 1. The normalized spacial score (nSPS) is 18.7. The minimum absolute atomic E-state index is 0.0785. The summed E-state index contributed by atoms with van der Waals surface area (Å²) in [7, 11) is 1.44. The molecule has 0 aromatic carbocycles. The lowest BCUT2D eigenvalue weighted by atomic mass is 9.68. The van der Waals surface area contributed by atoms with E-state index in [4.69, 9.17) is 4.74 Å². The molecule has 1 aromatic heterocycles. The van der Waals surface area contributed by atoms with Gasteiger partial charge in [-0.3, -0.25) is 9.78 Å². The van der Waals surface area contributed by atoms with Crippen LogP contribution in [0.15, 0.2) is 24.5 Å². The lowest BCUT2D eigenvalue weighted by Crippen LogP contribution is -2.51. The van der Waals surface area contributed by atoms with Crippen LogP contribution in [0.25, 0.3) is 0 Å². The maximum atomic E-state index is 13.2. The molecule has 1 fully saturated rings. The van der Waals surface area contributed by atoms with Gasteiger partial charge in [0.15, 0.2) is 6.04 Å². The Hall–Kier alpha value is -1.63. The molecule has 21 heavy (non-hydrogen) atoms. The van der Waals surface area contributed by atoms with Crippen LogP contribution in [0, 0.1) is 5.41 Å². The van der Waals surface area contributed by atoms with Crippen LogP contribution in [-0.2, 0) is 9.53 Å². The van der Waals surface area contributed by atoms with E-state index in [1.807, 2.05) is 0 Å². The second kappa shape index (κ2) is 6.01. The van der Waals surface area contributed by atoms with Crippen molar-refractivity contribution >= 4 is 5.91 Å². The Labute approximate surface area is 120 Å². The molecule has 4 nitrogen and oxygen atoms in total. The quantitative estimate of drug-likeness (QED) is 0.909. The predicted molar refractivity (Wildman–Crippen MR) is 69.3 cm³/mol. The lowest BCUT2D eigenvalue weighted by molar-refractivity contribution is -0.170.